The number of nitrogens with zero attached hydrogens (tertiary/aromatic N) is 1. The smallest absolute Gasteiger partial charge is 0.279 e. The van der Waals surface area contributed by atoms with Crippen molar-refractivity contribution in [1.29, 1.82) is 0 Å². The molecule has 0 fully saturated rings. The summed E-state index contributed by atoms with van der Waals surface area (Å²) < 4.78 is 59.4. The summed E-state index contributed by atoms with van der Waals surface area (Å²) in [5, 5.41) is 0.757. The van der Waals surface area contributed by atoms with Crippen molar-refractivity contribution in [2.24, 2.45) is 7.05 Å². The van der Waals surface area contributed by atoms with Crippen LogP contribution in [0.5, 0.6) is 0 Å². The normalized spacial score (nSPS) is 11.6. The van der Waals surface area contributed by atoms with E-state index in [9.17, 15) is 13.2 Å². The van der Waals surface area contributed by atoms with Gasteiger partial charge in [0.1, 0.15) is 7.05 Å². The highest BCUT2D eigenvalue weighted by Gasteiger charge is 2.44. The molecule has 0 radical (unpaired) electrons. The zero-order valence-electron chi connectivity index (χ0n) is 7.94. The summed E-state index contributed by atoms with van der Waals surface area (Å²) in [6.07, 6.45) is 1.91. The Morgan fingerprint density at radius 2 is 1.81 bits per heavy atom. The molecule has 1 rings (SSSR count). The Bertz CT molecular complexity index is 425. The molecule has 0 aromatic carbocycles. The predicted octanol–water partition coefficient (Wildman–Crippen LogP) is 1.56. The summed E-state index contributed by atoms with van der Waals surface area (Å²) in [6, 6.07) is 5.69. The van der Waals surface area contributed by atoms with Crippen molar-refractivity contribution < 1.29 is 30.7 Å². The molecule has 0 unspecified atom stereocenters. The van der Waals surface area contributed by atoms with E-state index in [1.165, 1.54) is 0 Å². The third-order valence-electron chi connectivity index (χ3n) is 1.28. The van der Waals surface area contributed by atoms with Gasteiger partial charge in [0.2, 0.25) is 0 Å². The molecule has 1 heterocycles. The number of pyridine rings is 1. The molecule has 0 aliphatic rings. The summed E-state index contributed by atoms with van der Waals surface area (Å²) in [4.78, 5) is 0. The van der Waals surface area contributed by atoms with Crippen LogP contribution in [0.1, 0.15) is 0 Å². The van der Waals surface area contributed by atoms with Crippen LogP contribution < -0.4 is 4.57 Å². The molecule has 1 aromatic heterocycles. The lowest BCUT2D eigenvalue weighted by Crippen LogP contribution is -2.27. The molecule has 0 bridgehead atoms. The second-order valence-electron chi connectivity index (χ2n) is 2.56. The van der Waals surface area contributed by atoms with Crippen LogP contribution in [0.2, 0.25) is 5.15 Å². The number of aromatic nitrogens is 1. The monoisotopic (exact) mass is 278 g/mol. The van der Waals surface area contributed by atoms with Gasteiger partial charge in [-0.05, 0) is 17.7 Å². The van der Waals surface area contributed by atoms with E-state index in [0.29, 0.717) is 0 Å². The fourth-order valence-corrected chi connectivity index (χ4v) is 0.632. The van der Waals surface area contributed by atoms with E-state index >= 15 is 0 Å². The Labute approximate surface area is 95.0 Å². The van der Waals surface area contributed by atoms with Crippen molar-refractivity contribution in [2.75, 3.05) is 0 Å². The van der Waals surface area contributed by atoms with Crippen LogP contribution >= 0.6 is 11.6 Å². The third kappa shape index (κ3) is 5.29. The molecule has 0 atom stereocenters. The Balaban J connectivity index is 0.000000281. The Morgan fingerprint density at radius 1 is 1.38 bits per heavy atom. The molecule has 0 spiro atoms. The molecule has 0 amide bonds. The van der Waals surface area contributed by atoms with Gasteiger partial charge in [0.05, 0.1) is 0 Å². The van der Waals surface area contributed by atoms with Crippen LogP contribution in [0.3, 0.4) is 0 Å². The van der Waals surface area contributed by atoms with E-state index in [1.807, 2.05) is 36.0 Å². The van der Waals surface area contributed by atoms with Crippen molar-refractivity contribution in [3.63, 3.8) is 0 Å². The topological polar surface area (TPSA) is 58.2 Å². The zero-order valence-corrected chi connectivity index (χ0v) is 9.51. The fourth-order valence-electron chi connectivity index (χ4n) is 0.503. The Morgan fingerprint density at radius 3 is 2.00 bits per heavy atom. The van der Waals surface area contributed by atoms with Gasteiger partial charge in [-0.25, -0.2) is 0 Å². The lowest BCUT2D eigenvalue weighted by Gasteiger charge is -1.97. The average Bonchev–Trinajstić information content (AvgIpc) is 2.08. The van der Waals surface area contributed by atoms with E-state index in [2.05, 4.69) is 0 Å². The van der Waals surface area contributed by atoms with Gasteiger partial charge in [-0.1, -0.05) is 0 Å². The fraction of sp³-hybridized carbons (Fsp3) is 0.286. The predicted molar refractivity (Wildman–Crippen MR) is 50.2 cm³/mol. The number of rotatable bonds is 0. The molecule has 4 nitrogen and oxygen atoms in total. The number of hydrogen-bond acceptors (Lipinski definition) is 2. The second kappa shape index (κ2) is 5.46. The lowest BCUT2D eigenvalue weighted by atomic mass is 10.5. The minimum atomic E-state index is -5.84. The first kappa shape index (κ1) is 15.1. The zero-order chi connectivity index (χ0) is 13.0. The van der Waals surface area contributed by atoms with Gasteiger partial charge in [-0.2, -0.15) is 26.2 Å². The molecular formula is C7H8ClF3NO3S+. The highest BCUT2D eigenvalue weighted by molar-refractivity contribution is 7.86. The van der Waals surface area contributed by atoms with Gasteiger partial charge in [0.25, 0.3) is 5.15 Å². The average molecular weight is 279 g/mol. The van der Waals surface area contributed by atoms with Crippen LogP contribution in [-0.4, -0.2) is 18.5 Å². The van der Waals surface area contributed by atoms with Crippen LogP contribution in [0.4, 0.5) is 13.2 Å². The maximum absolute atomic E-state index is 10.7. The minimum absolute atomic E-state index is 0.757. The summed E-state index contributed by atoms with van der Waals surface area (Å²) in [6.45, 7) is 0. The van der Waals surface area contributed by atoms with Crippen LogP contribution in [0, 0.1) is 0 Å². The van der Waals surface area contributed by atoms with E-state index in [0.717, 1.165) is 5.15 Å². The molecular weight excluding hydrogens is 271 g/mol. The first-order chi connectivity index (χ1) is 7.05. The Kier molecular flexibility index (Phi) is 5.17. The summed E-state index contributed by atoms with van der Waals surface area (Å²) in [5.41, 5.74) is -5.53. The molecule has 0 aliphatic heterocycles. The highest BCUT2D eigenvalue weighted by atomic mass is 35.5. The van der Waals surface area contributed by atoms with Gasteiger partial charge in [0.15, 0.2) is 6.20 Å². The quantitative estimate of drug-likeness (QED) is 0.339. The Hall–Kier alpha value is -0.860. The van der Waals surface area contributed by atoms with Crippen LogP contribution in [0.15, 0.2) is 24.4 Å². The number of aryl methyl sites for hydroxylation is 1. The summed E-state index contributed by atoms with van der Waals surface area (Å²) in [7, 11) is -3.94. The van der Waals surface area contributed by atoms with Gasteiger partial charge in [-0.3, -0.25) is 4.55 Å². The number of alkyl halides is 3. The van der Waals surface area contributed by atoms with Crippen molar-refractivity contribution in [3.05, 3.63) is 29.5 Å². The van der Waals surface area contributed by atoms with Gasteiger partial charge in [-0.15, -0.1) is 0 Å². The number of halogens is 4. The molecule has 16 heavy (non-hydrogen) atoms. The van der Waals surface area contributed by atoms with Gasteiger partial charge in [0, 0.05) is 12.1 Å². The van der Waals surface area contributed by atoms with Crippen molar-refractivity contribution in [2.45, 2.75) is 5.51 Å². The van der Waals surface area contributed by atoms with E-state index in [4.69, 9.17) is 24.6 Å². The SMILES string of the molecule is C[n+]1ccccc1Cl.O=S(=O)(O)C(F)(F)F. The van der Waals surface area contributed by atoms with E-state index < -0.39 is 15.6 Å². The maximum atomic E-state index is 10.7. The first-order valence-electron chi connectivity index (χ1n) is 3.69. The molecule has 0 aliphatic carbocycles. The van der Waals surface area contributed by atoms with E-state index in [1.54, 1.807) is 0 Å². The molecule has 1 aromatic rings. The van der Waals surface area contributed by atoms with Gasteiger partial charge < -0.3 is 0 Å². The molecule has 92 valence electrons. The molecule has 1 N–H and O–H groups in total. The van der Waals surface area contributed by atoms with Gasteiger partial charge >= 0.3 is 15.6 Å². The molecule has 0 saturated heterocycles. The molecule has 9 heteroatoms. The maximum Gasteiger partial charge on any atom is 0.522 e. The van der Waals surface area contributed by atoms with Crippen molar-refractivity contribution in [1.82, 2.24) is 0 Å². The second-order valence-corrected chi connectivity index (χ2v) is 4.36. The van der Waals surface area contributed by atoms with Crippen molar-refractivity contribution >= 4 is 21.7 Å². The first-order valence-corrected chi connectivity index (χ1v) is 5.51. The highest BCUT2D eigenvalue weighted by Crippen LogP contribution is 2.20. The lowest BCUT2D eigenvalue weighted by molar-refractivity contribution is -0.669. The summed E-state index contributed by atoms with van der Waals surface area (Å²) >= 11 is 5.67. The van der Waals surface area contributed by atoms with E-state index in [-0.39, 0.29) is 0 Å². The number of hydrogen-bond donors (Lipinski definition) is 1. The van der Waals surface area contributed by atoms with Crippen LogP contribution in [-0.2, 0) is 17.2 Å². The minimum Gasteiger partial charge on any atom is -0.279 e. The standard InChI is InChI=1S/C6H7ClN.CHF3O3S/c1-8-5-3-2-4-6(8)7;2-1(3,4)8(5,6)7/h2-5H,1H3;(H,5,6,7)/q+1;. The summed E-state index contributed by atoms with van der Waals surface area (Å²) in [5.74, 6) is 0. The molecule has 0 saturated carbocycles. The largest absolute Gasteiger partial charge is 0.522 e. The van der Waals surface area contributed by atoms with Crippen molar-refractivity contribution in [3.8, 4) is 0 Å². The third-order valence-corrected chi connectivity index (χ3v) is 2.26. The van der Waals surface area contributed by atoms with Crippen LogP contribution in [0.25, 0.3) is 0 Å².